The number of rotatable bonds is 6. The highest BCUT2D eigenvalue weighted by Gasteiger charge is 2.36. The van der Waals surface area contributed by atoms with E-state index < -0.39 is 5.60 Å². The smallest absolute Gasteiger partial charge is 0.222 e. The summed E-state index contributed by atoms with van der Waals surface area (Å²) < 4.78 is 5.79. The quantitative estimate of drug-likeness (QED) is 0.870. The zero-order valence-corrected chi connectivity index (χ0v) is 12.8. The maximum Gasteiger partial charge on any atom is 0.222 e. The molecule has 0 saturated heterocycles. The fourth-order valence-corrected chi connectivity index (χ4v) is 2.54. The van der Waals surface area contributed by atoms with Crippen molar-refractivity contribution in [2.45, 2.75) is 51.6 Å². The topological polar surface area (TPSA) is 53.7 Å². The fraction of sp³-hybridized carbons (Fsp3) is 0.688. The molecule has 1 heterocycles. The molecular weight excluding hydrogens is 254 g/mol. The Labute approximate surface area is 120 Å². The lowest BCUT2D eigenvalue weighted by molar-refractivity contribution is -0.132. The molecule has 0 spiro atoms. The summed E-state index contributed by atoms with van der Waals surface area (Å²) in [5.41, 5.74) is -0.857. The van der Waals surface area contributed by atoms with Crippen LogP contribution in [-0.4, -0.2) is 35.1 Å². The summed E-state index contributed by atoms with van der Waals surface area (Å²) in [5, 5.41) is 9.71. The second-order valence-corrected chi connectivity index (χ2v) is 6.69. The van der Waals surface area contributed by atoms with E-state index in [1.807, 2.05) is 12.1 Å². The third-order valence-electron chi connectivity index (χ3n) is 3.79. The number of aryl methyl sites for hydroxylation is 1. The molecule has 112 valence electrons. The van der Waals surface area contributed by atoms with E-state index in [9.17, 15) is 9.90 Å². The summed E-state index contributed by atoms with van der Waals surface area (Å²) in [7, 11) is 1.72. The Morgan fingerprint density at radius 1 is 1.50 bits per heavy atom. The first-order chi connectivity index (χ1) is 9.26. The van der Waals surface area contributed by atoms with Gasteiger partial charge in [-0.1, -0.05) is 6.92 Å². The summed E-state index contributed by atoms with van der Waals surface area (Å²) in [6, 6.07) is 4.01. The van der Waals surface area contributed by atoms with E-state index in [0.717, 1.165) is 17.4 Å². The van der Waals surface area contributed by atoms with Gasteiger partial charge < -0.3 is 14.4 Å². The highest BCUT2D eigenvalue weighted by Crippen LogP contribution is 2.47. The van der Waals surface area contributed by atoms with Gasteiger partial charge in [0.05, 0.1) is 5.60 Å². The van der Waals surface area contributed by atoms with Crippen LogP contribution in [0.4, 0.5) is 0 Å². The molecule has 1 amide bonds. The second kappa shape index (κ2) is 5.60. The average molecular weight is 279 g/mol. The highest BCUT2D eigenvalue weighted by molar-refractivity contribution is 5.76. The first-order valence-electron chi connectivity index (χ1n) is 7.31. The zero-order chi connectivity index (χ0) is 14.9. The van der Waals surface area contributed by atoms with E-state index >= 15 is 0 Å². The molecular formula is C16H25NO3. The molecule has 20 heavy (non-hydrogen) atoms. The van der Waals surface area contributed by atoms with Crippen molar-refractivity contribution in [2.75, 3.05) is 13.6 Å². The average Bonchev–Trinajstić information content (AvgIpc) is 2.88. The Balaban J connectivity index is 1.79. The molecule has 2 atom stereocenters. The first-order valence-corrected chi connectivity index (χ1v) is 7.31. The summed E-state index contributed by atoms with van der Waals surface area (Å²) in [5.74, 6) is 3.28. The van der Waals surface area contributed by atoms with Crippen molar-refractivity contribution >= 4 is 5.91 Å². The van der Waals surface area contributed by atoms with Gasteiger partial charge in [-0.05, 0) is 38.3 Å². The molecule has 1 aliphatic carbocycles. The van der Waals surface area contributed by atoms with Crippen LogP contribution < -0.4 is 0 Å². The number of likely N-dealkylation sites (N-methyl/N-ethyl adjacent to an activating group) is 1. The molecule has 1 aliphatic rings. The summed E-state index contributed by atoms with van der Waals surface area (Å²) in [6.45, 7) is 5.97. The molecule has 1 aromatic heterocycles. The third kappa shape index (κ3) is 4.10. The maximum absolute atomic E-state index is 12.0. The van der Waals surface area contributed by atoms with E-state index in [1.54, 1.807) is 25.8 Å². The molecule has 4 nitrogen and oxygen atoms in total. The normalized spacial score (nSPS) is 21.9. The molecule has 2 rings (SSSR count). The van der Waals surface area contributed by atoms with Gasteiger partial charge in [-0.15, -0.1) is 0 Å². The van der Waals surface area contributed by atoms with Crippen LogP contribution in [0.3, 0.4) is 0 Å². The van der Waals surface area contributed by atoms with Crippen LogP contribution in [0.1, 0.15) is 51.1 Å². The molecule has 4 heteroatoms. The van der Waals surface area contributed by atoms with E-state index in [2.05, 4.69) is 6.92 Å². The minimum absolute atomic E-state index is 0.0323. The molecule has 0 aliphatic heterocycles. The first kappa shape index (κ1) is 15.1. The molecule has 0 bridgehead atoms. The van der Waals surface area contributed by atoms with Crippen molar-refractivity contribution in [1.29, 1.82) is 0 Å². The predicted octanol–water partition coefficient (Wildman–Crippen LogP) is 2.56. The molecule has 1 aromatic rings. The van der Waals surface area contributed by atoms with E-state index in [1.165, 1.54) is 6.42 Å². The number of aliphatic hydroxyl groups is 1. The van der Waals surface area contributed by atoms with Crippen LogP contribution in [0, 0.1) is 5.92 Å². The summed E-state index contributed by atoms with van der Waals surface area (Å²) in [6.07, 6.45) is 2.25. The lowest BCUT2D eigenvalue weighted by Crippen LogP contribution is -2.39. The van der Waals surface area contributed by atoms with Crippen molar-refractivity contribution in [2.24, 2.45) is 5.92 Å². The SMILES string of the molecule is CC1CC1c1ccc(CCC(=O)N(C)CC(C)(C)O)o1. The third-order valence-corrected chi connectivity index (χ3v) is 3.79. The predicted molar refractivity (Wildman–Crippen MR) is 77.5 cm³/mol. The highest BCUT2D eigenvalue weighted by atomic mass is 16.3. The van der Waals surface area contributed by atoms with E-state index in [4.69, 9.17) is 4.42 Å². The van der Waals surface area contributed by atoms with Gasteiger partial charge in [0.1, 0.15) is 11.5 Å². The van der Waals surface area contributed by atoms with Gasteiger partial charge >= 0.3 is 0 Å². The Morgan fingerprint density at radius 3 is 2.70 bits per heavy atom. The van der Waals surface area contributed by atoms with Crippen LogP contribution >= 0.6 is 0 Å². The molecule has 2 unspecified atom stereocenters. The monoisotopic (exact) mass is 279 g/mol. The molecule has 1 saturated carbocycles. The Morgan fingerprint density at radius 2 is 2.15 bits per heavy atom. The minimum atomic E-state index is -0.857. The number of furan rings is 1. The van der Waals surface area contributed by atoms with Crippen LogP contribution in [-0.2, 0) is 11.2 Å². The Bertz CT molecular complexity index is 472. The number of amides is 1. The van der Waals surface area contributed by atoms with Crippen LogP contribution in [0.2, 0.25) is 0 Å². The van der Waals surface area contributed by atoms with Crippen LogP contribution in [0.5, 0.6) is 0 Å². The van der Waals surface area contributed by atoms with Gasteiger partial charge in [0.2, 0.25) is 5.91 Å². The zero-order valence-electron chi connectivity index (χ0n) is 12.8. The maximum atomic E-state index is 12.0. The van der Waals surface area contributed by atoms with Gasteiger partial charge in [-0.3, -0.25) is 4.79 Å². The van der Waals surface area contributed by atoms with Crippen LogP contribution in [0.25, 0.3) is 0 Å². The number of hydrogen-bond donors (Lipinski definition) is 1. The van der Waals surface area contributed by atoms with Crippen molar-refractivity contribution in [3.8, 4) is 0 Å². The number of hydrogen-bond acceptors (Lipinski definition) is 3. The fourth-order valence-electron chi connectivity index (χ4n) is 2.54. The lowest BCUT2D eigenvalue weighted by Gasteiger charge is -2.25. The molecule has 0 radical (unpaired) electrons. The van der Waals surface area contributed by atoms with E-state index in [-0.39, 0.29) is 5.91 Å². The molecule has 1 fully saturated rings. The van der Waals surface area contributed by atoms with Crippen molar-refractivity contribution in [3.63, 3.8) is 0 Å². The van der Waals surface area contributed by atoms with Gasteiger partial charge in [-0.25, -0.2) is 0 Å². The van der Waals surface area contributed by atoms with Crippen molar-refractivity contribution in [3.05, 3.63) is 23.7 Å². The largest absolute Gasteiger partial charge is 0.466 e. The summed E-state index contributed by atoms with van der Waals surface area (Å²) in [4.78, 5) is 13.5. The van der Waals surface area contributed by atoms with Crippen molar-refractivity contribution < 1.29 is 14.3 Å². The lowest BCUT2D eigenvalue weighted by atomic mass is 10.1. The Hall–Kier alpha value is -1.29. The van der Waals surface area contributed by atoms with Crippen LogP contribution in [0.15, 0.2) is 16.5 Å². The second-order valence-electron chi connectivity index (χ2n) is 6.69. The Kier molecular flexibility index (Phi) is 4.23. The van der Waals surface area contributed by atoms with E-state index in [0.29, 0.717) is 25.3 Å². The standard InChI is InChI=1S/C16H25NO3/c1-11-9-13(11)14-7-5-12(20-14)6-8-15(18)17(4)10-16(2,3)19/h5,7,11,13,19H,6,8-10H2,1-4H3. The minimum Gasteiger partial charge on any atom is -0.466 e. The summed E-state index contributed by atoms with van der Waals surface area (Å²) >= 11 is 0. The van der Waals surface area contributed by atoms with Gasteiger partial charge in [0, 0.05) is 32.4 Å². The number of carbonyl (C=O) groups is 1. The number of carbonyl (C=O) groups excluding carboxylic acids is 1. The van der Waals surface area contributed by atoms with Crippen molar-refractivity contribution in [1.82, 2.24) is 4.90 Å². The van der Waals surface area contributed by atoms with Gasteiger partial charge in [-0.2, -0.15) is 0 Å². The number of nitrogens with zero attached hydrogens (tertiary/aromatic N) is 1. The van der Waals surface area contributed by atoms with Gasteiger partial charge in [0.15, 0.2) is 0 Å². The van der Waals surface area contributed by atoms with Gasteiger partial charge in [0.25, 0.3) is 0 Å². The molecule has 0 aromatic carbocycles. The molecule has 1 N–H and O–H groups in total.